The highest BCUT2D eigenvalue weighted by Crippen LogP contribution is 2.43. The Morgan fingerprint density at radius 1 is 0.604 bits per heavy atom. The van der Waals surface area contributed by atoms with Crippen LogP contribution in [-0.2, 0) is 37.5 Å². The summed E-state index contributed by atoms with van der Waals surface area (Å²) in [5, 5.41) is 8.85. The molecule has 0 aliphatic carbocycles. The van der Waals surface area contributed by atoms with Crippen LogP contribution in [0.3, 0.4) is 0 Å². The van der Waals surface area contributed by atoms with Gasteiger partial charge in [0.25, 0.3) is 0 Å². The first kappa shape index (κ1) is 49.9. The minimum atomic E-state index is -4.73. The molecule has 0 spiro atoms. The topological polar surface area (TPSA) is 172 Å². The number of hydrogen-bond donors (Lipinski definition) is 3. The van der Waals surface area contributed by atoms with Crippen molar-refractivity contribution >= 4 is 25.7 Å². The SMILES string of the molecule is CC/C=C\C/C=C\C/C=C\C/C=C\C/C=C\C/C=C\CCC(=O)OC[C@H](COP(=O)(O)OC[C@H](N)C(=O)O)OC(=O)CCCCCCCCCCCC. The molecule has 0 aliphatic rings. The maximum Gasteiger partial charge on any atom is 0.472 e. The summed E-state index contributed by atoms with van der Waals surface area (Å²) < 4.78 is 32.4. The fraction of sp³-hybridized carbons (Fsp3) is 0.634. The van der Waals surface area contributed by atoms with Gasteiger partial charge in [0, 0.05) is 12.8 Å². The standard InChI is InChI=1S/C41H68NO10P/c1-3-5-7-9-11-13-15-16-17-18-19-20-21-22-23-25-26-28-30-32-39(43)49-34-37(35-50-53(47,48)51-36-38(42)41(45)46)52-40(44)33-31-29-27-24-14-12-10-8-6-4-2/h5,7,11,13,16-17,19-20,22-23,26,28,37-38H,3-4,6,8-10,12,14-15,18,21,24-25,27,29-36,42H2,1-2H3,(H,45,46)(H,47,48)/b7-5-,13-11-,17-16-,20-19-,23-22-,28-26-/t37-,38+/m1/s1. The molecule has 302 valence electrons. The van der Waals surface area contributed by atoms with Crippen LogP contribution in [0.15, 0.2) is 72.9 Å². The van der Waals surface area contributed by atoms with Crippen LogP contribution in [0.25, 0.3) is 0 Å². The molecule has 0 aromatic rings. The lowest BCUT2D eigenvalue weighted by atomic mass is 10.1. The third-order valence-corrected chi connectivity index (χ3v) is 8.68. The van der Waals surface area contributed by atoms with E-state index in [0.717, 1.165) is 57.8 Å². The molecule has 0 saturated carbocycles. The highest BCUT2D eigenvalue weighted by atomic mass is 31.2. The summed E-state index contributed by atoms with van der Waals surface area (Å²) in [5.74, 6) is -2.50. The Morgan fingerprint density at radius 2 is 1.06 bits per heavy atom. The highest BCUT2D eigenvalue weighted by molar-refractivity contribution is 7.47. The van der Waals surface area contributed by atoms with E-state index in [9.17, 15) is 23.8 Å². The van der Waals surface area contributed by atoms with Crippen molar-refractivity contribution in [1.29, 1.82) is 0 Å². The van der Waals surface area contributed by atoms with E-state index in [2.05, 4.69) is 79.1 Å². The molecular formula is C41H68NO10P. The van der Waals surface area contributed by atoms with Crippen molar-refractivity contribution in [3.8, 4) is 0 Å². The second-order valence-electron chi connectivity index (χ2n) is 12.7. The van der Waals surface area contributed by atoms with Gasteiger partial charge in [-0.05, 0) is 51.4 Å². The van der Waals surface area contributed by atoms with E-state index in [1.54, 1.807) is 0 Å². The van der Waals surface area contributed by atoms with Gasteiger partial charge >= 0.3 is 25.7 Å². The maximum atomic E-state index is 12.5. The van der Waals surface area contributed by atoms with E-state index in [1.165, 1.54) is 38.5 Å². The van der Waals surface area contributed by atoms with Gasteiger partial charge in [0.2, 0.25) is 0 Å². The molecule has 53 heavy (non-hydrogen) atoms. The van der Waals surface area contributed by atoms with E-state index in [4.69, 9.17) is 24.8 Å². The summed E-state index contributed by atoms with van der Waals surface area (Å²) in [6.45, 7) is 2.56. The van der Waals surface area contributed by atoms with Crippen LogP contribution < -0.4 is 5.73 Å². The molecule has 0 aliphatic heterocycles. The molecule has 0 bridgehead atoms. The summed E-state index contributed by atoms with van der Waals surface area (Å²) in [6, 6.07) is -1.53. The Bertz CT molecular complexity index is 1180. The summed E-state index contributed by atoms with van der Waals surface area (Å²) >= 11 is 0. The van der Waals surface area contributed by atoms with Crippen molar-refractivity contribution in [3.63, 3.8) is 0 Å². The number of carbonyl (C=O) groups is 3. The molecule has 0 aromatic heterocycles. The molecule has 0 radical (unpaired) electrons. The first-order valence-corrected chi connectivity index (χ1v) is 21.0. The second kappa shape index (κ2) is 35.9. The normalized spacial score (nSPS) is 14.6. The number of hydrogen-bond acceptors (Lipinski definition) is 9. The number of carboxylic acids is 1. The van der Waals surface area contributed by atoms with Gasteiger partial charge in [-0.15, -0.1) is 0 Å². The van der Waals surface area contributed by atoms with E-state index < -0.39 is 51.1 Å². The van der Waals surface area contributed by atoms with Gasteiger partial charge < -0.3 is 25.2 Å². The largest absolute Gasteiger partial charge is 0.480 e. The first-order chi connectivity index (χ1) is 25.6. The average molecular weight is 766 g/mol. The molecular weight excluding hydrogens is 697 g/mol. The molecule has 0 saturated heterocycles. The monoisotopic (exact) mass is 765 g/mol. The highest BCUT2D eigenvalue weighted by Gasteiger charge is 2.28. The van der Waals surface area contributed by atoms with Crippen LogP contribution in [0.4, 0.5) is 0 Å². The molecule has 0 rings (SSSR count). The maximum absolute atomic E-state index is 12.5. The van der Waals surface area contributed by atoms with Crippen molar-refractivity contribution in [2.45, 2.75) is 148 Å². The number of allylic oxidation sites excluding steroid dienone is 12. The van der Waals surface area contributed by atoms with E-state index in [-0.39, 0.29) is 19.4 Å². The lowest BCUT2D eigenvalue weighted by molar-refractivity contribution is -0.161. The lowest BCUT2D eigenvalue weighted by Gasteiger charge is -2.20. The van der Waals surface area contributed by atoms with Gasteiger partial charge in [-0.25, -0.2) is 4.57 Å². The third kappa shape index (κ3) is 35.7. The number of phosphoric acid groups is 1. The summed E-state index contributed by atoms with van der Waals surface area (Å²) in [4.78, 5) is 45.7. The predicted octanol–water partition coefficient (Wildman–Crippen LogP) is 9.78. The Morgan fingerprint density at radius 3 is 1.55 bits per heavy atom. The summed E-state index contributed by atoms with van der Waals surface area (Å²) in [7, 11) is -4.73. The fourth-order valence-corrected chi connectivity index (χ4v) is 5.46. The number of rotatable bonds is 35. The number of nitrogens with two attached hydrogens (primary N) is 1. The van der Waals surface area contributed by atoms with Gasteiger partial charge in [-0.1, -0.05) is 145 Å². The van der Waals surface area contributed by atoms with Crippen LogP contribution >= 0.6 is 7.82 Å². The molecule has 0 amide bonds. The van der Waals surface area contributed by atoms with Crippen molar-refractivity contribution in [2.24, 2.45) is 5.73 Å². The van der Waals surface area contributed by atoms with Crippen LogP contribution in [0.2, 0.25) is 0 Å². The average Bonchev–Trinajstić information content (AvgIpc) is 3.13. The molecule has 0 aromatic carbocycles. The minimum Gasteiger partial charge on any atom is -0.480 e. The summed E-state index contributed by atoms with van der Waals surface area (Å²) in [6.07, 6.45) is 41.4. The Hall–Kier alpha value is -3.08. The second-order valence-corrected chi connectivity index (χ2v) is 14.1. The Kier molecular flexibility index (Phi) is 33.8. The molecule has 0 fully saturated rings. The fourth-order valence-electron chi connectivity index (χ4n) is 4.68. The molecule has 0 heterocycles. The van der Waals surface area contributed by atoms with Gasteiger partial charge in [0.15, 0.2) is 6.10 Å². The minimum absolute atomic E-state index is 0.0942. The number of carbonyl (C=O) groups excluding carboxylic acids is 2. The van der Waals surface area contributed by atoms with Crippen LogP contribution in [0.1, 0.15) is 136 Å². The quantitative estimate of drug-likeness (QED) is 0.0243. The van der Waals surface area contributed by atoms with Gasteiger partial charge in [-0.2, -0.15) is 0 Å². The number of ether oxygens (including phenoxy) is 2. The van der Waals surface area contributed by atoms with E-state index in [1.807, 2.05) is 12.2 Å². The number of aliphatic carboxylic acids is 1. The van der Waals surface area contributed by atoms with Crippen molar-refractivity contribution in [3.05, 3.63) is 72.9 Å². The van der Waals surface area contributed by atoms with Crippen LogP contribution in [0, 0.1) is 0 Å². The van der Waals surface area contributed by atoms with Gasteiger partial charge in [0.05, 0.1) is 13.2 Å². The zero-order valence-electron chi connectivity index (χ0n) is 32.3. The molecule has 11 nitrogen and oxygen atoms in total. The van der Waals surface area contributed by atoms with Crippen molar-refractivity contribution in [2.75, 3.05) is 19.8 Å². The number of phosphoric ester groups is 1. The van der Waals surface area contributed by atoms with Gasteiger partial charge in [0.1, 0.15) is 12.6 Å². The summed E-state index contributed by atoms with van der Waals surface area (Å²) in [5.41, 5.74) is 5.31. The van der Waals surface area contributed by atoms with Crippen LogP contribution in [-0.4, -0.2) is 59.9 Å². The lowest BCUT2D eigenvalue weighted by Crippen LogP contribution is -2.34. The molecule has 4 N–H and O–H groups in total. The number of carboxylic acid groups (broad SMARTS) is 1. The Balaban J connectivity index is 4.53. The number of esters is 2. The van der Waals surface area contributed by atoms with E-state index in [0.29, 0.717) is 12.8 Å². The van der Waals surface area contributed by atoms with Crippen molar-refractivity contribution < 1.29 is 47.5 Å². The Labute approximate surface area is 319 Å². The zero-order valence-corrected chi connectivity index (χ0v) is 33.2. The smallest absolute Gasteiger partial charge is 0.472 e. The van der Waals surface area contributed by atoms with Crippen molar-refractivity contribution in [1.82, 2.24) is 0 Å². The molecule has 12 heteroatoms. The first-order valence-electron chi connectivity index (χ1n) is 19.5. The number of unbranched alkanes of at least 4 members (excludes halogenated alkanes) is 9. The van der Waals surface area contributed by atoms with Crippen LogP contribution in [0.5, 0.6) is 0 Å². The third-order valence-electron chi connectivity index (χ3n) is 7.73. The predicted molar refractivity (Wildman–Crippen MR) is 212 cm³/mol. The van der Waals surface area contributed by atoms with E-state index >= 15 is 0 Å². The zero-order chi connectivity index (χ0) is 39.3. The van der Waals surface area contributed by atoms with Gasteiger partial charge in [-0.3, -0.25) is 23.4 Å². The molecule has 1 unspecified atom stereocenters. The molecule has 3 atom stereocenters.